The van der Waals surface area contributed by atoms with Gasteiger partial charge in [-0.1, -0.05) is 12.1 Å². The Morgan fingerprint density at radius 3 is 2.89 bits per heavy atom. The lowest BCUT2D eigenvalue weighted by Crippen LogP contribution is -2.21. The Kier molecular flexibility index (Phi) is 4.29. The number of nitrogens with two attached hydrogens (primary N) is 1. The molecule has 6 heteroatoms. The van der Waals surface area contributed by atoms with E-state index in [0.717, 1.165) is 12.8 Å². The molecule has 0 saturated carbocycles. The first-order valence-electron chi connectivity index (χ1n) is 5.83. The molecule has 1 heterocycles. The van der Waals surface area contributed by atoms with Gasteiger partial charge in [0.15, 0.2) is 9.84 Å². The summed E-state index contributed by atoms with van der Waals surface area (Å²) in [5.74, 6) is 0.0900. The lowest BCUT2D eigenvalue weighted by Gasteiger charge is -2.11. The van der Waals surface area contributed by atoms with Crippen LogP contribution in [0.1, 0.15) is 18.4 Å². The maximum Gasteiger partial charge on any atom is 0.157 e. The van der Waals surface area contributed by atoms with Crippen molar-refractivity contribution in [1.82, 2.24) is 0 Å². The number of hydrogen-bond acceptors (Lipinski definition) is 4. The van der Waals surface area contributed by atoms with Crippen molar-refractivity contribution in [2.45, 2.75) is 24.7 Å². The highest BCUT2D eigenvalue weighted by Gasteiger charge is 2.24. The Hall–Kier alpha value is -0.590. The molecule has 0 bridgehead atoms. The van der Waals surface area contributed by atoms with Crippen molar-refractivity contribution in [2.24, 2.45) is 0 Å². The van der Waals surface area contributed by atoms with Gasteiger partial charge in [-0.05, 0) is 40.4 Å². The lowest BCUT2D eigenvalue weighted by atomic mass is 10.2. The molecule has 0 aromatic heterocycles. The first-order chi connectivity index (χ1) is 8.48. The summed E-state index contributed by atoms with van der Waals surface area (Å²) in [6.07, 6.45) is 1.63. The minimum atomic E-state index is -3.17. The van der Waals surface area contributed by atoms with E-state index < -0.39 is 9.84 Å². The molecular weight excluding hydrogens is 318 g/mol. The zero-order chi connectivity index (χ0) is 13.2. The molecular formula is C12H16BrNO3S. The minimum absolute atomic E-state index is 0.00150. The quantitative estimate of drug-likeness (QED) is 0.857. The fraction of sp³-hybridized carbons (Fsp3) is 0.500. The molecule has 0 amide bonds. The number of benzene rings is 1. The van der Waals surface area contributed by atoms with Crippen LogP contribution in [0.5, 0.6) is 0 Å². The second-order valence-corrected chi connectivity index (χ2v) is 7.41. The van der Waals surface area contributed by atoms with E-state index in [1.54, 1.807) is 18.2 Å². The first-order valence-corrected chi connectivity index (χ1v) is 8.44. The minimum Gasteiger partial charge on any atom is -0.398 e. The number of hydrogen-bond donors (Lipinski definition) is 1. The van der Waals surface area contributed by atoms with Crippen LogP contribution < -0.4 is 5.73 Å². The molecule has 0 aliphatic carbocycles. The number of ether oxygens (including phenoxy) is 1. The van der Waals surface area contributed by atoms with Crippen molar-refractivity contribution in [2.75, 3.05) is 18.1 Å². The van der Waals surface area contributed by atoms with Gasteiger partial charge in [0.2, 0.25) is 0 Å². The average Bonchev–Trinajstić information content (AvgIpc) is 2.76. The number of anilines is 1. The normalized spacial score (nSPS) is 20.2. The molecule has 18 heavy (non-hydrogen) atoms. The van der Waals surface area contributed by atoms with Gasteiger partial charge < -0.3 is 10.5 Å². The zero-order valence-corrected chi connectivity index (χ0v) is 12.3. The maximum absolute atomic E-state index is 12.1. The number of nitrogen functional groups attached to an aromatic ring is 1. The second-order valence-electron chi connectivity index (χ2n) is 4.51. The van der Waals surface area contributed by atoms with E-state index in [4.69, 9.17) is 10.5 Å². The van der Waals surface area contributed by atoms with Crippen LogP contribution in [0.3, 0.4) is 0 Å². The highest BCUT2D eigenvalue weighted by atomic mass is 79.9. The molecule has 1 aromatic carbocycles. The predicted molar refractivity (Wildman–Crippen MR) is 75.0 cm³/mol. The van der Waals surface area contributed by atoms with E-state index in [-0.39, 0.29) is 17.6 Å². The van der Waals surface area contributed by atoms with Gasteiger partial charge in [-0.3, -0.25) is 0 Å². The summed E-state index contributed by atoms with van der Waals surface area (Å²) in [5.41, 5.74) is 6.99. The first kappa shape index (κ1) is 13.8. The van der Waals surface area contributed by atoms with E-state index >= 15 is 0 Å². The molecule has 1 fully saturated rings. The van der Waals surface area contributed by atoms with Crippen LogP contribution in [0.2, 0.25) is 0 Å². The molecule has 2 rings (SSSR count). The molecule has 4 nitrogen and oxygen atoms in total. The van der Waals surface area contributed by atoms with Gasteiger partial charge in [-0.25, -0.2) is 8.42 Å². The molecule has 1 saturated heterocycles. The fourth-order valence-electron chi connectivity index (χ4n) is 2.07. The largest absolute Gasteiger partial charge is 0.398 e. The highest BCUT2D eigenvalue weighted by molar-refractivity contribution is 9.10. The summed E-state index contributed by atoms with van der Waals surface area (Å²) in [7, 11) is -3.17. The van der Waals surface area contributed by atoms with Crippen molar-refractivity contribution in [1.29, 1.82) is 0 Å². The highest BCUT2D eigenvalue weighted by Crippen LogP contribution is 2.26. The van der Waals surface area contributed by atoms with Gasteiger partial charge >= 0.3 is 0 Å². The van der Waals surface area contributed by atoms with Crippen molar-refractivity contribution in [3.8, 4) is 0 Å². The van der Waals surface area contributed by atoms with E-state index in [1.807, 2.05) is 0 Å². The van der Waals surface area contributed by atoms with Gasteiger partial charge in [0.05, 0.1) is 17.6 Å². The summed E-state index contributed by atoms with van der Waals surface area (Å²) >= 11 is 3.32. The van der Waals surface area contributed by atoms with Gasteiger partial charge in [0.1, 0.15) is 0 Å². The van der Waals surface area contributed by atoms with Crippen LogP contribution in [0.15, 0.2) is 22.7 Å². The zero-order valence-electron chi connectivity index (χ0n) is 9.93. The summed E-state index contributed by atoms with van der Waals surface area (Å²) in [6.45, 7) is 0.669. The summed E-state index contributed by atoms with van der Waals surface area (Å²) < 4.78 is 30.2. The third kappa shape index (κ3) is 3.46. The Balaban J connectivity index is 2.09. The monoisotopic (exact) mass is 333 g/mol. The Labute approximate surface area is 116 Å². The third-order valence-corrected chi connectivity index (χ3v) is 5.55. The molecule has 0 radical (unpaired) electrons. The number of sulfone groups is 1. The van der Waals surface area contributed by atoms with Crippen LogP contribution in [0.4, 0.5) is 5.69 Å². The fourth-order valence-corrected chi connectivity index (χ4v) is 4.32. The molecule has 100 valence electrons. The standard InChI is InChI=1S/C12H16BrNO3S/c13-12-9(3-1-5-11(12)14)7-18(15,16)8-10-4-2-6-17-10/h1,3,5,10H,2,4,6-8,14H2. The van der Waals surface area contributed by atoms with Crippen LogP contribution in [0, 0.1) is 0 Å². The average molecular weight is 334 g/mol. The van der Waals surface area contributed by atoms with Gasteiger partial charge in [0.25, 0.3) is 0 Å². The topological polar surface area (TPSA) is 69.4 Å². The van der Waals surface area contributed by atoms with Crippen molar-refractivity contribution in [3.05, 3.63) is 28.2 Å². The summed E-state index contributed by atoms with van der Waals surface area (Å²) in [5, 5.41) is 0. The van der Waals surface area contributed by atoms with Crippen LogP contribution in [-0.2, 0) is 20.3 Å². The Morgan fingerprint density at radius 2 is 2.22 bits per heavy atom. The smallest absolute Gasteiger partial charge is 0.157 e. The second kappa shape index (κ2) is 5.59. The molecule has 1 aliphatic rings. The Morgan fingerprint density at radius 1 is 1.44 bits per heavy atom. The van der Waals surface area contributed by atoms with Crippen molar-refractivity contribution in [3.63, 3.8) is 0 Å². The van der Waals surface area contributed by atoms with E-state index in [0.29, 0.717) is 22.3 Å². The SMILES string of the molecule is Nc1cccc(CS(=O)(=O)CC2CCCO2)c1Br. The van der Waals surface area contributed by atoms with Gasteiger partial charge in [-0.2, -0.15) is 0 Å². The number of halogens is 1. The lowest BCUT2D eigenvalue weighted by molar-refractivity contribution is 0.127. The molecule has 2 N–H and O–H groups in total. The summed E-state index contributed by atoms with van der Waals surface area (Å²) in [4.78, 5) is 0. The van der Waals surface area contributed by atoms with E-state index in [9.17, 15) is 8.42 Å². The van der Waals surface area contributed by atoms with Gasteiger partial charge in [0, 0.05) is 16.8 Å². The van der Waals surface area contributed by atoms with Crippen molar-refractivity contribution >= 4 is 31.5 Å². The van der Waals surface area contributed by atoms with Crippen LogP contribution in [0.25, 0.3) is 0 Å². The van der Waals surface area contributed by atoms with Crippen LogP contribution >= 0.6 is 15.9 Å². The third-order valence-electron chi connectivity index (χ3n) is 2.95. The van der Waals surface area contributed by atoms with E-state index in [1.165, 1.54) is 0 Å². The predicted octanol–water partition coefficient (Wildman–Crippen LogP) is 2.13. The molecule has 1 aliphatic heterocycles. The van der Waals surface area contributed by atoms with Crippen LogP contribution in [-0.4, -0.2) is 26.9 Å². The van der Waals surface area contributed by atoms with Crippen molar-refractivity contribution < 1.29 is 13.2 Å². The van der Waals surface area contributed by atoms with Gasteiger partial charge in [-0.15, -0.1) is 0 Å². The molecule has 1 atom stereocenters. The maximum atomic E-state index is 12.1. The molecule has 1 aromatic rings. The molecule has 0 spiro atoms. The molecule has 1 unspecified atom stereocenters. The Bertz CT molecular complexity index is 524. The van der Waals surface area contributed by atoms with E-state index in [2.05, 4.69) is 15.9 Å². The summed E-state index contributed by atoms with van der Waals surface area (Å²) in [6, 6.07) is 5.27. The number of rotatable bonds is 4.